The minimum Gasteiger partial charge on any atom is -0.579 e. The number of para-hydroxylation sites is 4. The number of ether oxygens (including phenoxy) is 4. The van der Waals surface area contributed by atoms with Crippen LogP contribution in [0.1, 0.15) is 0 Å². The lowest BCUT2D eigenvalue weighted by Crippen LogP contribution is -2.08. The SMILES string of the molecule is c1ccc2c(c1)OCCSCCOc1ccccc1[OH+]CCSCCO2. The number of benzene rings is 2. The molecule has 1 aliphatic rings. The predicted octanol–water partition coefficient (Wildman–Crippen LogP) is 4.24. The Balaban J connectivity index is 1.56. The Morgan fingerprint density at radius 2 is 1.12 bits per heavy atom. The maximum Gasteiger partial charge on any atom is 0.297 e. The molecule has 0 spiro atoms. The van der Waals surface area contributed by atoms with E-state index in [9.17, 15) is 0 Å². The van der Waals surface area contributed by atoms with Crippen LogP contribution in [0.2, 0.25) is 0 Å². The van der Waals surface area contributed by atoms with Crippen molar-refractivity contribution in [3.05, 3.63) is 48.5 Å². The van der Waals surface area contributed by atoms with E-state index in [2.05, 4.69) is 4.74 Å². The number of aromatic hydroxyl groups is 1. The lowest BCUT2D eigenvalue weighted by atomic mass is 10.3. The number of aliphatic hydroxyl groups is 1. The highest BCUT2D eigenvalue weighted by molar-refractivity contribution is 7.99. The summed E-state index contributed by atoms with van der Waals surface area (Å²) in [4.78, 5) is 0. The van der Waals surface area contributed by atoms with Gasteiger partial charge in [-0.15, -0.1) is 11.8 Å². The molecule has 26 heavy (non-hydrogen) atoms. The van der Waals surface area contributed by atoms with Gasteiger partial charge in [0.15, 0.2) is 18.1 Å². The van der Waals surface area contributed by atoms with Crippen molar-refractivity contribution in [2.75, 3.05) is 49.4 Å². The van der Waals surface area contributed by atoms with E-state index in [1.165, 1.54) is 0 Å². The first-order valence-electron chi connectivity index (χ1n) is 8.83. The van der Waals surface area contributed by atoms with Crippen LogP contribution in [0.25, 0.3) is 0 Å². The van der Waals surface area contributed by atoms with E-state index in [1.54, 1.807) is 0 Å². The van der Waals surface area contributed by atoms with E-state index in [1.807, 2.05) is 72.1 Å². The van der Waals surface area contributed by atoms with Crippen LogP contribution in [-0.4, -0.2) is 54.2 Å². The highest BCUT2D eigenvalue weighted by atomic mass is 32.2. The predicted molar refractivity (Wildman–Crippen MR) is 111 cm³/mol. The van der Waals surface area contributed by atoms with Crippen molar-refractivity contribution in [1.29, 1.82) is 0 Å². The zero-order valence-corrected chi connectivity index (χ0v) is 16.4. The summed E-state index contributed by atoms with van der Waals surface area (Å²) in [6, 6.07) is 15.9. The van der Waals surface area contributed by atoms with Crippen LogP contribution in [0.15, 0.2) is 48.5 Å². The molecule has 2 aromatic rings. The number of thioether (sulfide) groups is 2. The van der Waals surface area contributed by atoms with Gasteiger partial charge in [-0.05, 0) is 18.2 Å². The Labute approximate surface area is 163 Å². The van der Waals surface area contributed by atoms with Gasteiger partial charge in [0, 0.05) is 23.3 Å². The largest absolute Gasteiger partial charge is 0.579 e. The lowest BCUT2D eigenvalue weighted by Gasteiger charge is -2.13. The van der Waals surface area contributed by atoms with Crippen molar-refractivity contribution >= 4 is 23.5 Å². The van der Waals surface area contributed by atoms with Gasteiger partial charge in [-0.3, -0.25) is 0 Å². The molecule has 0 saturated heterocycles. The minimum atomic E-state index is 0.658. The molecule has 0 bridgehead atoms. The third-order valence-electron chi connectivity index (χ3n) is 3.69. The maximum atomic E-state index is 5.91. The molecule has 0 aliphatic carbocycles. The van der Waals surface area contributed by atoms with Crippen LogP contribution in [0.4, 0.5) is 0 Å². The molecule has 0 amide bonds. The molecule has 0 saturated carbocycles. The van der Waals surface area contributed by atoms with Crippen LogP contribution in [0.5, 0.6) is 23.0 Å². The lowest BCUT2D eigenvalue weighted by molar-refractivity contribution is 0.0767. The van der Waals surface area contributed by atoms with Crippen LogP contribution in [0.3, 0.4) is 0 Å². The molecule has 0 aromatic heterocycles. The van der Waals surface area contributed by atoms with Crippen LogP contribution < -0.4 is 14.2 Å². The molecule has 4 nitrogen and oxygen atoms in total. The number of fused-ring (bicyclic) bond motifs is 2. The van der Waals surface area contributed by atoms with E-state index in [0.717, 1.165) is 52.6 Å². The molecule has 3 rings (SSSR count). The second-order valence-corrected chi connectivity index (χ2v) is 8.02. The maximum absolute atomic E-state index is 5.91. The van der Waals surface area contributed by atoms with Gasteiger partial charge in [-0.25, -0.2) is 0 Å². The van der Waals surface area contributed by atoms with Gasteiger partial charge in [0.2, 0.25) is 5.75 Å². The van der Waals surface area contributed by atoms with Crippen LogP contribution in [0, 0.1) is 0 Å². The zero-order valence-electron chi connectivity index (χ0n) is 14.8. The Morgan fingerprint density at radius 3 is 1.77 bits per heavy atom. The molecular weight excluding hydrogens is 368 g/mol. The van der Waals surface area contributed by atoms with E-state index in [-0.39, 0.29) is 0 Å². The van der Waals surface area contributed by atoms with Crippen LogP contribution >= 0.6 is 23.5 Å². The Bertz CT molecular complexity index is 554. The molecule has 0 fully saturated rings. The van der Waals surface area contributed by atoms with Gasteiger partial charge < -0.3 is 18.9 Å². The molecule has 0 unspecified atom stereocenters. The third-order valence-corrected chi connectivity index (χ3v) is 5.53. The van der Waals surface area contributed by atoms with Crippen molar-refractivity contribution < 1.29 is 18.9 Å². The normalized spacial score (nSPS) is 16.9. The summed E-state index contributed by atoms with van der Waals surface area (Å²) < 4.78 is 22.3. The van der Waals surface area contributed by atoms with Gasteiger partial charge >= 0.3 is 0 Å². The van der Waals surface area contributed by atoms with Gasteiger partial charge in [0.25, 0.3) is 5.75 Å². The molecule has 0 atom stereocenters. The Kier molecular flexibility index (Phi) is 8.19. The average Bonchev–Trinajstić information content (AvgIpc) is 2.68. The standard InChI is InChI=1S/C20H24O4S2/c1-2-6-18-17(5-1)21-9-13-25-15-11-23-19-7-3-4-8-20(19)24-12-16-26-14-10-22-18/h1-8H,9-16H2/p+1. The smallest absolute Gasteiger partial charge is 0.297 e. The third kappa shape index (κ3) is 6.25. The summed E-state index contributed by atoms with van der Waals surface area (Å²) in [5, 5.41) is 0. The molecule has 140 valence electrons. The first-order chi connectivity index (χ1) is 12.9. The Hall–Kier alpha value is -1.66. The summed E-state index contributed by atoms with van der Waals surface area (Å²) in [6.45, 7) is 2.77. The summed E-state index contributed by atoms with van der Waals surface area (Å²) in [6.07, 6.45) is 0. The van der Waals surface area contributed by atoms with Gasteiger partial charge in [-0.2, -0.15) is 11.8 Å². The van der Waals surface area contributed by atoms with Gasteiger partial charge in [0.05, 0.1) is 25.6 Å². The van der Waals surface area contributed by atoms with Crippen molar-refractivity contribution in [3.63, 3.8) is 0 Å². The fraction of sp³-hybridized carbons (Fsp3) is 0.400. The van der Waals surface area contributed by atoms with Crippen LogP contribution in [-0.2, 0) is 0 Å². The summed E-state index contributed by atoms with van der Waals surface area (Å²) in [5.41, 5.74) is 0. The number of hydrogen-bond donors (Lipinski definition) is 0. The summed E-state index contributed by atoms with van der Waals surface area (Å²) >= 11 is 3.66. The molecule has 0 radical (unpaired) electrons. The van der Waals surface area contributed by atoms with E-state index < -0.39 is 0 Å². The van der Waals surface area contributed by atoms with E-state index in [4.69, 9.17) is 14.2 Å². The molecule has 6 heteroatoms. The van der Waals surface area contributed by atoms with Crippen molar-refractivity contribution in [2.24, 2.45) is 0 Å². The van der Waals surface area contributed by atoms with Crippen molar-refractivity contribution in [3.8, 4) is 23.0 Å². The second-order valence-electron chi connectivity index (χ2n) is 5.57. The topological polar surface area (TPSA) is 40.5 Å². The van der Waals surface area contributed by atoms with E-state index in [0.29, 0.717) is 19.8 Å². The average molecular weight is 394 g/mol. The van der Waals surface area contributed by atoms with E-state index >= 15 is 0 Å². The van der Waals surface area contributed by atoms with Crippen molar-refractivity contribution in [2.45, 2.75) is 0 Å². The highest BCUT2D eigenvalue weighted by Gasteiger charge is 2.09. The highest BCUT2D eigenvalue weighted by Crippen LogP contribution is 2.28. The zero-order chi connectivity index (χ0) is 17.9. The summed E-state index contributed by atoms with van der Waals surface area (Å²) in [5.74, 6) is 7.18. The second kappa shape index (κ2) is 11.1. The monoisotopic (exact) mass is 393 g/mol. The van der Waals surface area contributed by atoms with Gasteiger partial charge in [0.1, 0.15) is 0 Å². The molecular formula is C20H25O4S2+. The number of hydrogen-bond acceptors (Lipinski definition) is 5. The first kappa shape index (κ1) is 19.1. The molecule has 1 N–H and O–H groups in total. The first-order valence-corrected chi connectivity index (χ1v) is 11.1. The fourth-order valence-corrected chi connectivity index (χ4v) is 3.70. The van der Waals surface area contributed by atoms with Crippen molar-refractivity contribution in [1.82, 2.24) is 0 Å². The Morgan fingerprint density at radius 1 is 0.615 bits per heavy atom. The quantitative estimate of drug-likeness (QED) is 0.626. The molecule has 2 aromatic carbocycles. The minimum absolute atomic E-state index is 0.658. The fourth-order valence-electron chi connectivity index (χ4n) is 2.46. The molecule has 1 aliphatic heterocycles. The number of rotatable bonds is 0. The molecule has 1 heterocycles. The van der Waals surface area contributed by atoms with Gasteiger partial charge in [-0.1, -0.05) is 24.3 Å². The summed E-state index contributed by atoms with van der Waals surface area (Å²) in [7, 11) is 0.